The molecular formula is C14H12N6O. The van der Waals surface area contributed by atoms with Gasteiger partial charge in [-0.25, -0.2) is 4.68 Å². The van der Waals surface area contributed by atoms with Crippen LogP contribution in [0, 0.1) is 0 Å². The van der Waals surface area contributed by atoms with E-state index in [4.69, 9.17) is 5.73 Å². The molecule has 0 radical (unpaired) electrons. The molecule has 7 nitrogen and oxygen atoms in total. The first-order valence-corrected chi connectivity index (χ1v) is 6.23. The van der Waals surface area contributed by atoms with Gasteiger partial charge in [0.05, 0.1) is 5.69 Å². The lowest BCUT2D eigenvalue weighted by Crippen LogP contribution is -2.12. The third-order valence-corrected chi connectivity index (χ3v) is 2.87. The highest BCUT2D eigenvalue weighted by Gasteiger charge is 2.07. The Morgan fingerprint density at radius 3 is 2.76 bits per heavy atom. The van der Waals surface area contributed by atoms with Crippen LogP contribution in [-0.2, 0) is 0 Å². The predicted molar refractivity (Wildman–Crippen MR) is 78.0 cm³/mol. The Morgan fingerprint density at radius 2 is 2.00 bits per heavy atom. The highest BCUT2D eigenvalue weighted by Crippen LogP contribution is 2.15. The minimum absolute atomic E-state index is 0.226. The molecule has 0 aliphatic rings. The van der Waals surface area contributed by atoms with Crippen LogP contribution in [0.25, 0.3) is 5.69 Å². The largest absolute Gasteiger partial charge is 0.399 e. The van der Waals surface area contributed by atoms with E-state index in [0.29, 0.717) is 16.9 Å². The number of amides is 1. The fraction of sp³-hybridized carbons (Fsp3) is 0. The number of benzene rings is 2. The van der Waals surface area contributed by atoms with Crippen molar-refractivity contribution in [3.05, 3.63) is 60.4 Å². The maximum Gasteiger partial charge on any atom is 0.255 e. The molecular weight excluding hydrogens is 268 g/mol. The van der Waals surface area contributed by atoms with Crippen molar-refractivity contribution in [1.82, 2.24) is 20.2 Å². The van der Waals surface area contributed by atoms with Crippen LogP contribution >= 0.6 is 0 Å². The molecule has 0 bridgehead atoms. The van der Waals surface area contributed by atoms with Gasteiger partial charge >= 0.3 is 0 Å². The van der Waals surface area contributed by atoms with Gasteiger partial charge in [0.15, 0.2) is 0 Å². The second-order valence-corrected chi connectivity index (χ2v) is 4.38. The lowest BCUT2D eigenvalue weighted by atomic mass is 10.2. The monoisotopic (exact) mass is 280 g/mol. The van der Waals surface area contributed by atoms with Crippen molar-refractivity contribution in [2.24, 2.45) is 0 Å². The smallest absolute Gasteiger partial charge is 0.255 e. The van der Waals surface area contributed by atoms with E-state index in [0.717, 1.165) is 5.69 Å². The lowest BCUT2D eigenvalue weighted by molar-refractivity contribution is 0.102. The maximum absolute atomic E-state index is 12.2. The molecule has 7 heteroatoms. The van der Waals surface area contributed by atoms with E-state index in [1.54, 1.807) is 36.4 Å². The zero-order valence-electron chi connectivity index (χ0n) is 11.0. The first kappa shape index (κ1) is 12.8. The van der Waals surface area contributed by atoms with Crippen molar-refractivity contribution < 1.29 is 4.79 Å². The Hall–Kier alpha value is -3.22. The van der Waals surface area contributed by atoms with Crippen LogP contribution < -0.4 is 11.1 Å². The molecule has 3 aromatic rings. The molecule has 0 unspecified atom stereocenters. The third kappa shape index (κ3) is 2.86. The molecule has 0 spiro atoms. The molecule has 3 rings (SSSR count). The van der Waals surface area contributed by atoms with Crippen LogP contribution in [0.4, 0.5) is 11.4 Å². The van der Waals surface area contributed by atoms with Crippen molar-refractivity contribution in [3.63, 3.8) is 0 Å². The van der Waals surface area contributed by atoms with Crippen molar-refractivity contribution >= 4 is 17.3 Å². The average Bonchev–Trinajstić information content (AvgIpc) is 3.02. The van der Waals surface area contributed by atoms with Crippen molar-refractivity contribution in [2.45, 2.75) is 0 Å². The fourth-order valence-corrected chi connectivity index (χ4v) is 1.89. The van der Waals surface area contributed by atoms with E-state index < -0.39 is 0 Å². The van der Waals surface area contributed by atoms with E-state index >= 15 is 0 Å². The minimum Gasteiger partial charge on any atom is -0.399 e. The van der Waals surface area contributed by atoms with Crippen LogP contribution in [0.1, 0.15) is 10.4 Å². The number of nitrogen functional groups attached to an aromatic ring is 1. The van der Waals surface area contributed by atoms with Crippen LogP contribution in [0.5, 0.6) is 0 Å². The molecule has 0 aliphatic heterocycles. The summed E-state index contributed by atoms with van der Waals surface area (Å²) in [6.07, 6.45) is 1.48. The van der Waals surface area contributed by atoms with E-state index in [2.05, 4.69) is 20.8 Å². The number of nitrogens with two attached hydrogens (primary N) is 1. The van der Waals surface area contributed by atoms with Gasteiger partial charge in [0.2, 0.25) is 0 Å². The van der Waals surface area contributed by atoms with Gasteiger partial charge in [-0.1, -0.05) is 12.1 Å². The Bertz CT molecular complexity index is 769. The molecule has 1 amide bonds. The number of hydrogen-bond acceptors (Lipinski definition) is 5. The SMILES string of the molecule is Nc1cccc(C(=O)Nc2cccc(-n3cnnn3)c2)c1. The maximum atomic E-state index is 12.2. The van der Waals surface area contributed by atoms with Crippen molar-refractivity contribution in [3.8, 4) is 5.69 Å². The summed E-state index contributed by atoms with van der Waals surface area (Å²) in [5, 5.41) is 13.8. The molecule has 21 heavy (non-hydrogen) atoms. The Morgan fingerprint density at radius 1 is 1.14 bits per heavy atom. The summed E-state index contributed by atoms with van der Waals surface area (Å²) in [7, 11) is 0. The number of nitrogens with zero attached hydrogens (tertiary/aromatic N) is 4. The van der Waals surface area contributed by atoms with Gasteiger partial charge in [0, 0.05) is 16.9 Å². The normalized spacial score (nSPS) is 10.3. The average molecular weight is 280 g/mol. The molecule has 0 aliphatic carbocycles. The Balaban J connectivity index is 1.82. The van der Waals surface area contributed by atoms with Crippen molar-refractivity contribution in [1.29, 1.82) is 0 Å². The zero-order chi connectivity index (χ0) is 14.7. The van der Waals surface area contributed by atoms with Gasteiger partial charge in [-0.3, -0.25) is 4.79 Å². The highest BCUT2D eigenvalue weighted by atomic mass is 16.1. The molecule has 0 atom stereocenters. The van der Waals surface area contributed by atoms with Crippen LogP contribution in [-0.4, -0.2) is 26.1 Å². The summed E-state index contributed by atoms with van der Waals surface area (Å²) in [5.41, 5.74) is 8.13. The Labute approximate surface area is 120 Å². The van der Waals surface area contributed by atoms with Gasteiger partial charge in [0.1, 0.15) is 6.33 Å². The second-order valence-electron chi connectivity index (χ2n) is 4.38. The number of carbonyl (C=O) groups excluding carboxylic acids is 1. The summed E-state index contributed by atoms with van der Waals surface area (Å²) in [6, 6.07) is 14.0. The van der Waals surface area contributed by atoms with Gasteiger partial charge in [-0.2, -0.15) is 0 Å². The molecule has 0 fully saturated rings. The predicted octanol–water partition coefficient (Wildman–Crippen LogP) is 1.50. The summed E-state index contributed by atoms with van der Waals surface area (Å²) < 4.78 is 1.51. The Kier molecular flexibility index (Phi) is 3.30. The number of tetrazole rings is 1. The zero-order valence-corrected chi connectivity index (χ0v) is 11.0. The number of hydrogen-bond donors (Lipinski definition) is 2. The fourth-order valence-electron chi connectivity index (χ4n) is 1.89. The van der Waals surface area contributed by atoms with Gasteiger partial charge in [0.25, 0.3) is 5.91 Å². The number of rotatable bonds is 3. The van der Waals surface area contributed by atoms with E-state index in [9.17, 15) is 4.79 Å². The molecule has 3 N–H and O–H groups in total. The lowest BCUT2D eigenvalue weighted by Gasteiger charge is -2.07. The van der Waals surface area contributed by atoms with Crippen LogP contribution in [0.2, 0.25) is 0 Å². The molecule has 2 aromatic carbocycles. The first-order chi connectivity index (χ1) is 10.2. The summed E-state index contributed by atoms with van der Waals surface area (Å²) in [5.74, 6) is -0.226. The van der Waals surface area contributed by atoms with Gasteiger partial charge in [-0.15, -0.1) is 5.10 Å². The van der Waals surface area contributed by atoms with Gasteiger partial charge in [-0.05, 0) is 46.8 Å². The number of nitrogens with one attached hydrogen (secondary N) is 1. The summed E-state index contributed by atoms with van der Waals surface area (Å²) in [4.78, 5) is 12.2. The highest BCUT2D eigenvalue weighted by molar-refractivity contribution is 6.04. The van der Waals surface area contributed by atoms with Gasteiger partial charge < -0.3 is 11.1 Å². The van der Waals surface area contributed by atoms with E-state index in [1.165, 1.54) is 11.0 Å². The van der Waals surface area contributed by atoms with E-state index in [-0.39, 0.29) is 5.91 Å². The molecule has 1 aromatic heterocycles. The van der Waals surface area contributed by atoms with Crippen LogP contribution in [0.15, 0.2) is 54.9 Å². The quantitative estimate of drug-likeness (QED) is 0.708. The molecule has 1 heterocycles. The standard InChI is InChI=1S/C14H12N6O/c15-11-4-1-3-10(7-11)14(21)17-12-5-2-6-13(8-12)20-9-16-18-19-20/h1-9H,15H2,(H,17,21). The minimum atomic E-state index is -0.226. The number of carbonyl (C=O) groups is 1. The first-order valence-electron chi connectivity index (χ1n) is 6.23. The summed E-state index contributed by atoms with van der Waals surface area (Å²) >= 11 is 0. The number of aromatic nitrogens is 4. The molecule has 0 saturated heterocycles. The molecule has 104 valence electrons. The topological polar surface area (TPSA) is 98.7 Å². The molecule has 0 saturated carbocycles. The summed E-state index contributed by atoms with van der Waals surface area (Å²) in [6.45, 7) is 0. The third-order valence-electron chi connectivity index (χ3n) is 2.87. The van der Waals surface area contributed by atoms with E-state index in [1.807, 2.05) is 12.1 Å². The van der Waals surface area contributed by atoms with Crippen LogP contribution in [0.3, 0.4) is 0 Å². The second kappa shape index (κ2) is 5.41. The van der Waals surface area contributed by atoms with Crippen molar-refractivity contribution in [2.75, 3.05) is 11.1 Å². The number of anilines is 2.